The van der Waals surface area contributed by atoms with Gasteiger partial charge in [-0.3, -0.25) is 0 Å². The maximum absolute atomic E-state index is 8.11. The fourth-order valence-corrected chi connectivity index (χ4v) is 19.2. The highest BCUT2D eigenvalue weighted by molar-refractivity contribution is 7.00. The van der Waals surface area contributed by atoms with E-state index in [1.807, 2.05) is 6.08 Å². The van der Waals surface area contributed by atoms with Gasteiger partial charge in [-0.25, -0.2) is 0 Å². The van der Waals surface area contributed by atoms with Crippen LogP contribution in [0.4, 0.5) is 0 Å². The lowest BCUT2D eigenvalue weighted by atomic mass is 9.87. The Balaban J connectivity index is 1.39. The van der Waals surface area contributed by atoms with Crippen molar-refractivity contribution in [1.29, 1.82) is 0 Å². The molecule has 7 rings (SSSR count). The highest BCUT2D eigenvalue weighted by Gasteiger charge is 2.64. The maximum Gasteiger partial charge on any atom is 0.261 e. The first-order valence-corrected chi connectivity index (χ1v) is 24.4. The molecule has 3 heterocycles. The van der Waals surface area contributed by atoms with Crippen molar-refractivity contribution in [2.24, 2.45) is 0 Å². The molecule has 7 heteroatoms. The molecule has 0 aromatic heterocycles. The molecule has 292 valence electrons. The highest BCUT2D eigenvalue weighted by atomic mass is 28.4. The number of rotatable bonds is 12. The number of benzene rings is 4. The van der Waals surface area contributed by atoms with Gasteiger partial charge in [0.05, 0.1) is 18.3 Å². The van der Waals surface area contributed by atoms with Crippen molar-refractivity contribution in [3.05, 3.63) is 134 Å². The standard InChI is InChI=1S/C48H62O5Si2/c1-9-23-35-33-34-41-42(49-35)46(53-55(48(6,7)8,38-29-19-13-20-30-38)39-31-21-14-22-32-39)45-44(51-41)43(40(50-45)24-10-2)52-54(47(3,4)5,36-25-15-11-16-26-36)37-27-17-12-18-28-37/h10-22,25-32,35,40-46H,2,9,23-24,33-34H2,1,3-8H3/t35-,40?,41-,42-,43-,44-,45+,46-/m0/s1. The summed E-state index contributed by atoms with van der Waals surface area (Å²) in [7, 11) is -6.01. The fraction of sp³-hybridized carbons (Fsp3) is 0.458. The lowest BCUT2D eigenvalue weighted by molar-refractivity contribution is -0.255. The average Bonchev–Trinajstić information content (AvgIpc) is 3.52. The first kappa shape index (κ1) is 40.1. The average molecular weight is 775 g/mol. The molecule has 0 amide bonds. The Hall–Kier alpha value is -3.15. The predicted molar refractivity (Wildman–Crippen MR) is 230 cm³/mol. The zero-order chi connectivity index (χ0) is 38.8. The summed E-state index contributed by atoms with van der Waals surface area (Å²) < 4.78 is 37.9. The van der Waals surface area contributed by atoms with E-state index in [9.17, 15) is 0 Å². The Morgan fingerprint density at radius 3 is 1.40 bits per heavy atom. The van der Waals surface area contributed by atoms with Crippen LogP contribution in [0.5, 0.6) is 0 Å². The lowest BCUT2D eigenvalue weighted by Gasteiger charge is -2.53. The smallest absolute Gasteiger partial charge is 0.261 e. The fourth-order valence-electron chi connectivity index (χ4n) is 9.85. The molecule has 3 aliphatic rings. The van der Waals surface area contributed by atoms with E-state index in [0.29, 0.717) is 6.42 Å². The second kappa shape index (κ2) is 16.4. The Bertz CT molecular complexity index is 1750. The van der Waals surface area contributed by atoms with Crippen molar-refractivity contribution in [2.75, 3.05) is 0 Å². The van der Waals surface area contributed by atoms with E-state index in [1.165, 1.54) is 20.7 Å². The summed E-state index contributed by atoms with van der Waals surface area (Å²) in [6, 6.07) is 43.7. The third kappa shape index (κ3) is 7.42. The van der Waals surface area contributed by atoms with E-state index < -0.39 is 22.7 Å². The zero-order valence-electron chi connectivity index (χ0n) is 34.0. The van der Waals surface area contributed by atoms with Gasteiger partial charge in [-0.1, -0.05) is 182 Å². The first-order chi connectivity index (χ1) is 26.4. The molecule has 5 nitrogen and oxygen atoms in total. The summed E-state index contributed by atoms with van der Waals surface area (Å²) in [4.78, 5) is 0. The minimum absolute atomic E-state index is 0.145. The topological polar surface area (TPSA) is 46.2 Å². The molecule has 0 radical (unpaired) electrons. The van der Waals surface area contributed by atoms with Gasteiger partial charge in [-0.2, -0.15) is 0 Å². The molecular weight excluding hydrogens is 713 g/mol. The van der Waals surface area contributed by atoms with Gasteiger partial charge in [0.15, 0.2) is 0 Å². The summed E-state index contributed by atoms with van der Waals surface area (Å²) in [5, 5.41) is 4.54. The molecule has 4 aromatic carbocycles. The van der Waals surface area contributed by atoms with Gasteiger partial charge in [-0.05, 0) is 56.5 Å². The van der Waals surface area contributed by atoms with Crippen molar-refractivity contribution in [1.82, 2.24) is 0 Å². The molecule has 1 unspecified atom stereocenters. The van der Waals surface area contributed by atoms with Crippen LogP contribution < -0.4 is 20.7 Å². The van der Waals surface area contributed by atoms with Gasteiger partial charge in [0.2, 0.25) is 0 Å². The highest BCUT2D eigenvalue weighted by Crippen LogP contribution is 2.48. The minimum atomic E-state index is -3.03. The molecular formula is C48H62O5Si2. The van der Waals surface area contributed by atoms with E-state index in [2.05, 4.69) is 176 Å². The quantitative estimate of drug-likeness (QED) is 0.107. The van der Waals surface area contributed by atoms with Gasteiger partial charge < -0.3 is 23.1 Å². The maximum atomic E-state index is 8.11. The normalized spacial score (nSPS) is 27.3. The van der Waals surface area contributed by atoms with Crippen LogP contribution >= 0.6 is 0 Å². The van der Waals surface area contributed by atoms with Crippen LogP contribution in [-0.4, -0.2) is 65.5 Å². The molecule has 4 aromatic rings. The lowest BCUT2D eigenvalue weighted by Crippen LogP contribution is -2.73. The van der Waals surface area contributed by atoms with E-state index in [-0.39, 0.29) is 52.8 Å². The zero-order valence-corrected chi connectivity index (χ0v) is 36.0. The summed E-state index contributed by atoms with van der Waals surface area (Å²) in [5.41, 5.74) is 0. The van der Waals surface area contributed by atoms with E-state index in [1.54, 1.807) is 0 Å². The SMILES string of the molecule is C=CCC1O[C@H]2[C@@H](O[Si](c3ccccc3)(c3ccccc3)C(C)(C)C)[C@H]3O[C@@H](CCC)CC[C@@H]3O[C@H]2[C@H]1O[Si](c1ccccc1)(c1ccccc1)C(C)(C)C. The Morgan fingerprint density at radius 1 is 0.582 bits per heavy atom. The van der Waals surface area contributed by atoms with Gasteiger partial charge in [0, 0.05) is 0 Å². The Morgan fingerprint density at radius 2 is 1.00 bits per heavy atom. The number of fused-ring (bicyclic) bond motifs is 2. The van der Waals surface area contributed by atoms with Crippen molar-refractivity contribution in [2.45, 2.75) is 139 Å². The predicted octanol–water partition coefficient (Wildman–Crippen LogP) is 8.34. The molecule has 55 heavy (non-hydrogen) atoms. The largest absolute Gasteiger partial charge is 0.399 e. The van der Waals surface area contributed by atoms with Crippen molar-refractivity contribution in [3.63, 3.8) is 0 Å². The third-order valence-electron chi connectivity index (χ3n) is 12.3. The number of hydrogen-bond acceptors (Lipinski definition) is 5. The summed E-state index contributed by atoms with van der Waals surface area (Å²) in [6.45, 7) is 20.5. The first-order valence-electron chi connectivity index (χ1n) is 20.6. The molecule has 3 aliphatic heterocycles. The van der Waals surface area contributed by atoms with Crippen LogP contribution in [0.1, 0.15) is 80.6 Å². The van der Waals surface area contributed by atoms with Crippen molar-refractivity contribution in [3.8, 4) is 0 Å². The van der Waals surface area contributed by atoms with E-state index in [4.69, 9.17) is 23.1 Å². The monoisotopic (exact) mass is 774 g/mol. The molecule has 0 aliphatic carbocycles. The Kier molecular flexibility index (Phi) is 11.9. The molecule has 8 atom stereocenters. The summed E-state index contributed by atoms with van der Waals surface area (Å²) >= 11 is 0. The second-order valence-electron chi connectivity index (χ2n) is 17.9. The van der Waals surface area contributed by atoms with Crippen LogP contribution in [0.2, 0.25) is 10.1 Å². The molecule has 0 N–H and O–H groups in total. The molecule has 3 saturated heterocycles. The molecule has 0 bridgehead atoms. The molecule has 0 saturated carbocycles. The minimum Gasteiger partial charge on any atom is -0.399 e. The number of hydrogen-bond donors (Lipinski definition) is 0. The van der Waals surface area contributed by atoms with Crippen molar-refractivity contribution >= 4 is 37.4 Å². The van der Waals surface area contributed by atoms with Crippen LogP contribution in [0, 0.1) is 0 Å². The van der Waals surface area contributed by atoms with Crippen molar-refractivity contribution < 1.29 is 23.1 Å². The molecule has 0 spiro atoms. The Labute approximate surface area is 332 Å². The van der Waals surface area contributed by atoms with E-state index in [0.717, 1.165) is 25.7 Å². The number of ether oxygens (including phenoxy) is 3. The van der Waals surface area contributed by atoms with Gasteiger partial charge >= 0.3 is 0 Å². The van der Waals surface area contributed by atoms with Crippen LogP contribution in [0.25, 0.3) is 0 Å². The van der Waals surface area contributed by atoms with Gasteiger partial charge in [0.25, 0.3) is 16.6 Å². The van der Waals surface area contributed by atoms with Crippen LogP contribution in [0.15, 0.2) is 134 Å². The molecule has 3 fully saturated rings. The van der Waals surface area contributed by atoms with Crippen LogP contribution in [0.3, 0.4) is 0 Å². The van der Waals surface area contributed by atoms with Gasteiger partial charge in [0.1, 0.15) is 30.5 Å². The summed E-state index contributed by atoms with van der Waals surface area (Å²) in [6.07, 6.45) is 4.55. The second-order valence-corrected chi connectivity index (χ2v) is 26.4. The summed E-state index contributed by atoms with van der Waals surface area (Å²) in [5.74, 6) is 0. The van der Waals surface area contributed by atoms with Gasteiger partial charge in [-0.15, -0.1) is 6.58 Å². The van der Waals surface area contributed by atoms with E-state index >= 15 is 0 Å². The third-order valence-corrected chi connectivity index (χ3v) is 22.3. The van der Waals surface area contributed by atoms with Crippen LogP contribution in [-0.2, 0) is 23.1 Å².